The zero-order valence-electron chi connectivity index (χ0n) is 6.06. The molecule has 0 rings (SSSR count). The summed E-state index contributed by atoms with van der Waals surface area (Å²) in [7, 11) is 0. The van der Waals surface area contributed by atoms with Crippen LogP contribution in [0, 0.1) is 6.92 Å². The monoisotopic (exact) mass is 127 g/mol. The summed E-state index contributed by atoms with van der Waals surface area (Å²) >= 11 is 0. The molecule has 1 radical (unpaired) electrons. The van der Waals surface area contributed by atoms with E-state index in [2.05, 4.69) is 13.5 Å². The van der Waals surface area contributed by atoms with Crippen LogP contribution in [0.15, 0.2) is 12.7 Å². The van der Waals surface area contributed by atoms with E-state index in [1.165, 1.54) is 0 Å². The topological polar surface area (TPSA) is 20.2 Å². The molecule has 0 heterocycles. The summed E-state index contributed by atoms with van der Waals surface area (Å²) in [5.74, 6) is 0. The van der Waals surface area contributed by atoms with Gasteiger partial charge < -0.3 is 5.11 Å². The Morgan fingerprint density at radius 1 is 1.67 bits per heavy atom. The second-order valence-electron chi connectivity index (χ2n) is 2.59. The van der Waals surface area contributed by atoms with Crippen molar-refractivity contribution in [2.75, 3.05) is 0 Å². The molecule has 0 spiro atoms. The van der Waals surface area contributed by atoms with Gasteiger partial charge in [-0.3, -0.25) is 0 Å². The van der Waals surface area contributed by atoms with Gasteiger partial charge in [0.05, 0.1) is 5.60 Å². The SMILES string of the molecule is [CH2]CCC(C)(O)CC=C. The second-order valence-corrected chi connectivity index (χ2v) is 2.59. The largest absolute Gasteiger partial charge is 0.390 e. The van der Waals surface area contributed by atoms with E-state index in [9.17, 15) is 5.11 Å². The Morgan fingerprint density at radius 3 is 2.56 bits per heavy atom. The summed E-state index contributed by atoms with van der Waals surface area (Å²) in [5.41, 5.74) is -0.580. The third kappa shape index (κ3) is 4.22. The van der Waals surface area contributed by atoms with E-state index in [0.717, 1.165) is 12.8 Å². The van der Waals surface area contributed by atoms with E-state index in [-0.39, 0.29) is 0 Å². The molecule has 0 saturated heterocycles. The van der Waals surface area contributed by atoms with Crippen molar-refractivity contribution < 1.29 is 5.11 Å². The number of hydrogen-bond acceptors (Lipinski definition) is 1. The molecule has 0 aliphatic rings. The third-order valence-corrected chi connectivity index (χ3v) is 1.30. The van der Waals surface area contributed by atoms with Crippen LogP contribution in [0.1, 0.15) is 26.2 Å². The van der Waals surface area contributed by atoms with Crippen molar-refractivity contribution in [2.24, 2.45) is 0 Å². The third-order valence-electron chi connectivity index (χ3n) is 1.30. The van der Waals surface area contributed by atoms with Crippen LogP contribution in [0.5, 0.6) is 0 Å². The zero-order chi connectivity index (χ0) is 7.33. The summed E-state index contributed by atoms with van der Waals surface area (Å²) < 4.78 is 0. The van der Waals surface area contributed by atoms with Crippen LogP contribution < -0.4 is 0 Å². The van der Waals surface area contributed by atoms with Gasteiger partial charge in [-0.1, -0.05) is 19.4 Å². The minimum Gasteiger partial charge on any atom is -0.390 e. The van der Waals surface area contributed by atoms with Crippen molar-refractivity contribution >= 4 is 0 Å². The summed E-state index contributed by atoms with van der Waals surface area (Å²) in [5, 5.41) is 9.40. The molecule has 1 nitrogen and oxygen atoms in total. The van der Waals surface area contributed by atoms with E-state index in [4.69, 9.17) is 0 Å². The second kappa shape index (κ2) is 3.67. The molecule has 0 aromatic rings. The highest BCUT2D eigenvalue weighted by atomic mass is 16.3. The van der Waals surface area contributed by atoms with Gasteiger partial charge in [0.2, 0.25) is 0 Å². The van der Waals surface area contributed by atoms with E-state index < -0.39 is 5.60 Å². The molecule has 0 aliphatic carbocycles. The molecule has 0 saturated carbocycles. The van der Waals surface area contributed by atoms with Gasteiger partial charge in [0.25, 0.3) is 0 Å². The molecule has 53 valence electrons. The molecule has 1 heteroatoms. The zero-order valence-corrected chi connectivity index (χ0v) is 6.06. The predicted molar refractivity (Wildman–Crippen MR) is 40.0 cm³/mol. The highest BCUT2D eigenvalue weighted by molar-refractivity contribution is 4.82. The maximum atomic E-state index is 9.40. The molecular formula is C8H15O. The molecule has 0 aliphatic heterocycles. The minimum absolute atomic E-state index is 0.580. The minimum atomic E-state index is -0.580. The predicted octanol–water partition coefficient (Wildman–Crippen LogP) is 1.93. The lowest BCUT2D eigenvalue weighted by atomic mass is 9.97. The normalized spacial score (nSPS) is 16.8. The van der Waals surface area contributed by atoms with Gasteiger partial charge in [-0.25, -0.2) is 0 Å². The van der Waals surface area contributed by atoms with E-state index in [1.54, 1.807) is 13.0 Å². The molecule has 1 atom stereocenters. The molecular weight excluding hydrogens is 112 g/mol. The van der Waals surface area contributed by atoms with Gasteiger partial charge in [0, 0.05) is 0 Å². The summed E-state index contributed by atoms with van der Waals surface area (Å²) in [6, 6.07) is 0. The molecule has 1 N–H and O–H groups in total. The van der Waals surface area contributed by atoms with Crippen LogP contribution in [-0.2, 0) is 0 Å². The Balaban J connectivity index is 3.55. The molecule has 9 heavy (non-hydrogen) atoms. The Hall–Kier alpha value is -0.300. The number of aliphatic hydroxyl groups is 1. The van der Waals surface area contributed by atoms with Gasteiger partial charge in [0.1, 0.15) is 0 Å². The Bertz CT molecular complexity index is 84.6. The summed E-state index contributed by atoms with van der Waals surface area (Å²) in [6.45, 7) is 9.01. The fourth-order valence-corrected chi connectivity index (χ4v) is 0.794. The Morgan fingerprint density at radius 2 is 2.22 bits per heavy atom. The Labute approximate surface area is 57.4 Å². The van der Waals surface area contributed by atoms with Crippen LogP contribution in [-0.4, -0.2) is 10.7 Å². The summed E-state index contributed by atoms with van der Waals surface area (Å²) in [4.78, 5) is 0. The summed E-state index contributed by atoms with van der Waals surface area (Å²) in [6.07, 6.45) is 3.91. The number of hydrogen-bond donors (Lipinski definition) is 1. The smallest absolute Gasteiger partial charge is 0.0653 e. The quantitative estimate of drug-likeness (QED) is 0.572. The van der Waals surface area contributed by atoms with Gasteiger partial charge in [-0.05, 0) is 19.8 Å². The maximum absolute atomic E-state index is 9.40. The Kier molecular flexibility index (Phi) is 3.55. The molecule has 0 aromatic carbocycles. The van der Waals surface area contributed by atoms with E-state index in [0.29, 0.717) is 6.42 Å². The fourth-order valence-electron chi connectivity index (χ4n) is 0.794. The molecule has 1 unspecified atom stereocenters. The highest BCUT2D eigenvalue weighted by Gasteiger charge is 2.15. The molecule has 0 fully saturated rings. The van der Waals surface area contributed by atoms with Gasteiger partial charge >= 0.3 is 0 Å². The first-order valence-electron chi connectivity index (χ1n) is 3.25. The van der Waals surface area contributed by atoms with Crippen LogP contribution in [0.3, 0.4) is 0 Å². The molecule has 0 bridgehead atoms. The fraction of sp³-hybridized carbons (Fsp3) is 0.625. The first-order valence-corrected chi connectivity index (χ1v) is 3.25. The van der Waals surface area contributed by atoms with Gasteiger partial charge in [0.15, 0.2) is 0 Å². The number of rotatable bonds is 4. The lowest BCUT2D eigenvalue weighted by Gasteiger charge is -2.19. The van der Waals surface area contributed by atoms with Crippen molar-refractivity contribution in [2.45, 2.75) is 31.8 Å². The first kappa shape index (κ1) is 8.70. The highest BCUT2D eigenvalue weighted by Crippen LogP contribution is 2.15. The van der Waals surface area contributed by atoms with Crippen LogP contribution in [0.4, 0.5) is 0 Å². The van der Waals surface area contributed by atoms with E-state index >= 15 is 0 Å². The van der Waals surface area contributed by atoms with E-state index in [1.807, 2.05) is 0 Å². The maximum Gasteiger partial charge on any atom is 0.0653 e. The van der Waals surface area contributed by atoms with Crippen LogP contribution in [0.2, 0.25) is 0 Å². The lowest BCUT2D eigenvalue weighted by Crippen LogP contribution is -2.22. The van der Waals surface area contributed by atoms with Gasteiger partial charge in [-0.2, -0.15) is 0 Å². The van der Waals surface area contributed by atoms with Crippen molar-refractivity contribution in [1.82, 2.24) is 0 Å². The lowest BCUT2D eigenvalue weighted by molar-refractivity contribution is 0.0550. The average Bonchev–Trinajstić information content (AvgIpc) is 1.64. The van der Waals surface area contributed by atoms with Crippen molar-refractivity contribution in [3.8, 4) is 0 Å². The standard InChI is InChI=1S/C8H15O/c1-4-6-8(3,9)7-5-2/h4,9H,1-2,5-7H2,3H3. The van der Waals surface area contributed by atoms with Crippen molar-refractivity contribution in [3.05, 3.63) is 19.6 Å². The van der Waals surface area contributed by atoms with Crippen molar-refractivity contribution in [1.29, 1.82) is 0 Å². The average molecular weight is 127 g/mol. The van der Waals surface area contributed by atoms with Crippen LogP contribution >= 0.6 is 0 Å². The van der Waals surface area contributed by atoms with Crippen molar-refractivity contribution in [3.63, 3.8) is 0 Å². The first-order chi connectivity index (χ1) is 4.12. The van der Waals surface area contributed by atoms with Crippen LogP contribution in [0.25, 0.3) is 0 Å². The molecule has 0 aromatic heterocycles. The molecule has 0 amide bonds. The van der Waals surface area contributed by atoms with Gasteiger partial charge in [-0.15, -0.1) is 6.58 Å².